The van der Waals surface area contributed by atoms with E-state index in [2.05, 4.69) is 36.0 Å². The Bertz CT molecular complexity index is 1470. The van der Waals surface area contributed by atoms with Crippen LogP contribution in [0, 0.1) is 18.2 Å². The van der Waals surface area contributed by atoms with Crippen molar-refractivity contribution in [2.45, 2.75) is 85.4 Å². The minimum atomic E-state index is -4.77. The molecule has 49 heavy (non-hydrogen) atoms. The lowest BCUT2D eigenvalue weighted by molar-refractivity contribution is -0.140. The molecule has 1 saturated carbocycles. The molecule has 2 aromatic carbocycles. The van der Waals surface area contributed by atoms with E-state index in [4.69, 9.17) is 14.6 Å². The average molecular weight is 689 g/mol. The highest BCUT2D eigenvalue weighted by Crippen LogP contribution is 2.46. The lowest BCUT2D eigenvalue weighted by Gasteiger charge is -2.41. The van der Waals surface area contributed by atoms with Gasteiger partial charge in [-0.2, -0.15) is 13.2 Å². The number of aliphatic hydroxyl groups is 2. The van der Waals surface area contributed by atoms with Crippen LogP contribution in [0.25, 0.3) is 11.8 Å². The number of carbonyl (C=O) groups is 1. The highest BCUT2D eigenvalue weighted by atomic mass is 19.4. The summed E-state index contributed by atoms with van der Waals surface area (Å²) in [6.45, 7) is 16.9. The minimum Gasteiger partial charge on any atom is -0.493 e. The Hall–Kier alpha value is -3.89. The first-order chi connectivity index (χ1) is 23.3. The molecular formula is C39H52F4N2O4. The van der Waals surface area contributed by atoms with Gasteiger partial charge < -0.3 is 30.0 Å². The number of aryl methyl sites for hydroxylation is 1. The third-order valence-corrected chi connectivity index (χ3v) is 8.78. The number of alkyl halides is 3. The van der Waals surface area contributed by atoms with Crippen LogP contribution in [-0.4, -0.2) is 54.3 Å². The molecule has 270 valence electrons. The Balaban J connectivity index is 0.00000158. The molecule has 2 aliphatic rings. The van der Waals surface area contributed by atoms with E-state index in [-0.39, 0.29) is 17.6 Å². The number of ether oxygens (including phenoxy) is 1. The van der Waals surface area contributed by atoms with Crippen molar-refractivity contribution >= 4 is 18.6 Å². The minimum absolute atomic E-state index is 0.0450. The van der Waals surface area contributed by atoms with Gasteiger partial charge in [0.25, 0.3) is 0 Å². The molecule has 2 fully saturated rings. The van der Waals surface area contributed by atoms with Crippen LogP contribution in [0.2, 0.25) is 0 Å². The van der Waals surface area contributed by atoms with Gasteiger partial charge in [0, 0.05) is 41.9 Å². The highest BCUT2D eigenvalue weighted by Gasteiger charge is 2.39. The first-order valence-electron chi connectivity index (χ1n) is 16.6. The van der Waals surface area contributed by atoms with E-state index in [9.17, 15) is 18.3 Å². The Morgan fingerprint density at radius 1 is 1.16 bits per heavy atom. The fourth-order valence-electron chi connectivity index (χ4n) is 5.56. The number of likely N-dealkylation sites (tertiary alicyclic amines) is 1. The van der Waals surface area contributed by atoms with Crippen molar-refractivity contribution in [3.8, 4) is 5.75 Å². The summed E-state index contributed by atoms with van der Waals surface area (Å²) in [6.07, 6.45) is 4.88. The summed E-state index contributed by atoms with van der Waals surface area (Å²) in [5.74, 6) is -0.528. The fourth-order valence-corrected chi connectivity index (χ4v) is 5.56. The number of carbonyl (C=O) groups excluding carboxylic acids is 1. The Labute approximate surface area is 288 Å². The molecule has 1 atom stereocenters. The quantitative estimate of drug-likeness (QED) is 0.153. The molecule has 1 saturated heterocycles. The highest BCUT2D eigenvalue weighted by molar-refractivity contribution is 5.70. The second-order valence-corrected chi connectivity index (χ2v) is 12.6. The van der Waals surface area contributed by atoms with Gasteiger partial charge in [0.2, 0.25) is 0 Å². The number of nitrogens with zero attached hydrogens (tertiary/aromatic N) is 1. The van der Waals surface area contributed by atoms with E-state index in [1.165, 1.54) is 17.7 Å². The van der Waals surface area contributed by atoms with Crippen molar-refractivity contribution in [3.05, 3.63) is 100 Å². The maximum Gasteiger partial charge on any atom is 0.419 e. The van der Waals surface area contributed by atoms with Gasteiger partial charge in [-0.25, -0.2) is 4.39 Å². The molecule has 0 bridgehead atoms. The van der Waals surface area contributed by atoms with Crippen LogP contribution in [0.15, 0.2) is 72.1 Å². The van der Waals surface area contributed by atoms with Crippen molar-refractivity contribution in [2.75, 3.05) is 26.3 Å². The summed E-state index contributed by atoms with van der Waals surface area (Å²) in [6, 6.07) is 9.33. The summed E-state index contributed by atoms with van der Waals surface area (Å²) < 4.78 is 61.6. The number of hydrogen-bond acceptors (Lipinski definition) is 6. The average Bonchev–Trinajstić information content (AvgIpc) is 3.91. The van der Waals surface area contributed by atoms with E-state index in [1.807, 2.05) is 52.7 Å². The molecule has 1 unspecified atom stereocenters. The Kier molecular flexibility index (Phi) is 16.3. The van der Waals surface area contributed by atoms with Crippen molar-refractivity contribution in [1.29, 1.82) is 0 Å². The van der Waals surface area contributed by atoms with Gasteiger partial charge >= 0.3 is 6.18 Å². The van der Waals surface area contributed by atoms with Crippen LogP contribution in [0.3, 0.4) is 0 Å². The summed E-state index contributed by atoms with van der Waals surface area (Å²) >= 11 is 0. The van der Waals surface area contributed by atoms with Gasteiger partial charge in [0.05, 0.1) is 24.9 Å². The van der Waals surface area contributed by atoms with Gasteiger partial charge in [0.1, 0.15) is 18.4 Å². The predicted octanol–water partition coefficient (Wildman–Crippen LogP) is 8.83. The predicted molar refractivity (Wildman–Crippen MR) is 189 cm³/mol. The first-order valence-corrected chi connectivity index (χ1v) is 16.6. The molecule has 3 N–H and O–H groups in total. The van der Waals surface area contributed by atoms with E-state index in [0.29, 0.717) is 30.9 Å². The standard InChI is InChI=1S/C35H44F4N2O3.C3H6.CH2O/c1-5-23(2)32(29-7-6-8-30(31(29)36)35(37,38)39)40-33(26-9-10-26)34(4)15-18-41(19-16-34)17-13-25-11-12-28(21-24(25)3)44-20-14-27(43)22-42;1-3-2;1-2/h6-8,11-13,17,21,27,40,42-43H,5,9-10,14-16,18-20,22H2,1-4H3;3H,1H2,2H3;1H2/b17-13+,32-23+;;. The molecule has 10 heteroatoms. The largest absolute Gasteiger partial charge is 0.493 e. The lowest BCUT2D eigenvalue weighted by Crippen LogP contribution is -2.40. The van der Waals surface area contributed by atoms with Gasteiger partial charge in [0.15, 0.2) is 0 Å². The molecular weight excluding hydrogens is 636 g/mol. The van der Waals surface area contributed by atoms with Crippen LogP contribution >= 0.6 is 0 Å². The molecule has 0 aromatic heterocycles. The number of hydrogen-bond donors (Lipinski definition) is 3. The molecule has 0 spiro atoms. The number of allylic oxidation sites excluding steroid dienone is 4. The van der Waals surface area contributed by atoms with Gasteiger partial charge in [-0.05, 0) is 112 Å². The third-order valence-electron chi connectivity index (χ3n) is 8.78. The van der Waals surface area contributed by atoms with Crippen LogP contribution < -0.4 is 10.1 Å². The van der Waals surface area contributed by atoms with Gasteiger partial charge in [-0.3, -0.25) is 0 Å². The van der Waals surface area contributed by atoms with Crippen LogP contribution in [0.5, 0.6) is 5.75 Å². The second kappa shape index (κ2) is 19.3. The second-order valence-electron chi connectivity index (χ2n) is 12.6. The molecule has 0 amide bonds. The molecule has 4 rings (SSSR count). The number of benzene rings is 2. The SMILES string of the molecule is C=CC.C=O.CC/C(C)=C(/NC(=C1CC1)C1(C)CCN(/C=C/c2ccc(OCCC(O)CO)cc2C)CC1)c1cccc(C(F)(F)F)c1F. The zero-order chi connectivity index (χ0) is 36.8. The van der Waals surface area contributed by atoms with E-state index in [0.717, 1.165) is 67.2 Å². The normalized spacial score (nSPS) is 16.4. The fraction of sp³-hybridized carbons (Fsp3) is 0.462. The van der Waals surface area contributed by atoms with Crippen LogP contribution in [0.4, 0.5) is 17.6 Å². The number of aliphatic hydroxyl groups excluding tert-OH is 2. The topological polar surface area (TPSA) is 82.0 Å². The van der Waals surface area contributed by atoms with Crippen molar-refractivity contribution in [2.24, 2.45) is 5.41 Å². The monoisotopic (exact) mass is 688 g/mol. The maximum atomic E-state index is 15.3. The van der Waals surface area contributed by atoms with E-state index in [1.54, 1.807) is 6.08 Å². The smallest absolute Gasteiger partial charge is 0.419 e. The van der Waals surface area contributed by atoms with Crippen LogP contribution in [-0.2, 0) is 11.0 Å². The molecule has 1 heterocycles. The van der Waals surface area contributed by atoms with Crippen LogP contribution in [0.1, 0.15) is 88.5 Å². The van der Waals surface area contributed by atoms with Crippen molar-refractivity contribution < 1.29 is 37.3 Å². The number of halogens is 4. The zero-order valence-corrected chi connectivity index (χ0v) is 29.4. The van der Waals surface area contributed by atoms with Gasteiger partial charge in [-0.1, -0.05) is 32.1 Å². The Morgan fingerprint density at radius 2 is 1.80 bits per heavy atom. The first kappa shape index (κ1) is 41.3. The molecule has 6 nitrogen and oxygen atoms in total. The molecule has 1 aliphatic heterocycles. The summed E-state index contributed by atoms with van der Waals surface area (Å²) in [4.78, 5) is 10.3. The molecule has 1 aliphatic carbocycles. The molecule has 2 aromatic rings. The maximum absolute atomic E-state index is 15.3. The summed E-state index contributed by atoms with van der Waals surface area (Å²) in [5, 5.41) is 21.9. The number of nitrogens with one attached hydrogen (secondary N) is 1. The lowest BCUT2D eigenvalue weighted by atomic mass is 9.76. The van der Waals surface area contributed by atoms with Crippen molar-refractivity contribution in [3.63, 3.8) is 0 Å². The number of rotatable bonds is 12. The number of piperidine rings is 1. The van der Waals surface area contributed by atoms with E-state index >= 15 is 4.39 Å². The summed E-state index contributed by atoms with van der Waals surface area (Å²) in [7, 11) is 0. The molecule has 0 radical (unpaired) electrons. The van der Waals surface area contributed by atoms with Gasteiger partial charge in [-0.15, -0.1) is 6.58 Å². The Morgan fingerprint density at radius 3 is 2.33 bits per heavy atom. The third kappa shape index (κ3) is 11.9. The zero-order valence-electron chi connectivity index (χ0n) is 29.4. The van der Waals surface area contributed by atoms with Crippen molar-refractivity contribution in [1.82, 2.24) is 10.2 Å². The van der Waals surface area contributed by atoms with E-state index < -0.39 is 23.7 Å². The summed E-state index contributed by atoms with van der Waals surface area (Å²) in [5.41, 5.74) is 4.13.